The van der Waals surface area contributed by atoms with Gasteiger partial charge in [-0.2, -0.15) is 0 Å². The van der Waals surface area contributed by atoms with Gasteiger partial charge in [0, 0.05) is 17.1 Å². The van der Waals surface area contributed by atoms with Gasteiger partial charge in [-0.05, 0) is 67.9 Å². The molecule has 3 N–H and O–H groups in total. The summed E-state index contributed by atoms with van der Waals surface area (Å²) in [7, 11) is 0. The smallest absolute Gasteiger partial charge is 0.408 e. The van der Waals surface area contributed by atoms with Crippen molar-refractivity contribution in [1.82, 2.24) is 15.5 Å². The number of aromatic hydroxyl groups is 1. The standard InChI is InChI=1S/C23H37N3O5/c1-14(2)25-20(29)18(16-12-10-11-15(3)19(16)28)26(22(4,5)6)17(27)13-24-21(30)31-23(7,8)9/h10-12,14,18,28H,13H2,1-9H3,(H,24,30)(H,25,29). The lowest BCUT2D eigenvalue weighted by Crippen LogP contribution is -2.55. The van der Waals surface area contributed by atoms with Crippen LogP contribution >= 0.6 is 0 Å². The fourth-order valence-electron chi connectivity index (χ4n) is 3.12. The molecule has 0 aliphatic carbocycles. The van der Waals surface area contributed by atoms with Gasteiger partial charge in [0.15, 0.2) is 0 Å². The summed E-state index contributed by atoms with van der Waals surface area (Å²) in [6.07, 6.45) is -0.726. The van der Waals surface area contributed by atoms with Crippen LogP contribution in [0.5, 0.6) is 5.75 Å². The Morgan fingerprint density at radius 2 is 1.68 bits per heavy atom. The Balaban J connectivity index is 3.36. The number of hydrogen-bond acceptors (Lipinski definition) is 5. The van der Waals surface area contributed by atoms with Crippen molar-refractivity contribution in [2.45, 2.75) is 85.5 Å². The number of nitrogens with one attached hydrogen (secondary N) is 2. The highest BCUT2D eigenvalue weighted by Gasteiger charge is 2.40. The first-order chi connectivity index (χ1) is 14.0. The van der Waals surface area contributed by atoms with Crippen molar-refractivity contribution in [3.8, 4) is 5.75 Å². The molecule has 0 fully saturated rings. The van der Waals surface area contributed by atoms with Crippen molar-refractivity contribution in [2.24, 2.45) is 0 Å². The van der Waals surface area contributed by atoms with Crippen LogP contribution in [-0.2, 0) is 14.3 Å². The van der Waals surface area contributed by atoms with Gasteiger partial charge in [0.2, 0.25) is 11.8 Å². The van der Waals surface area contributed by atoms with Crippen molar-refractivity contribution < 1.29 is 24.2 Å². The minimum Gasteiger partial charge on any atom is -0.507 e. The van der Waals surface area contributed by atoms with E-state index in [2.05, 4.69) is 10.6 Å². The van der Waals surface area contributed by atoms with Gasteiger partial charge in [-0.3, -0.25) is 9.59 Å². The lowest BCUT2D eigenvalue weighted by Gasteiger charge is -2.41. The first-order valence-corrected chi connectivity index (χ1v) is 10.4. The monoisotopic (exact) mass is 435 g/mol. The van der Waals surface area contributed by atoms with Gasteiger partial charge in [0.05, 0.1) is 0 Å². The summed E-state index contributed by atoms with van der Waals surface area (Å²) in [5.41, 5.74) is -0.585. The number of amides is 3. The lowest BCUT2D eigenvalue weighted by atomic mass is 9.94. The third kappa shape index (κ3) is 7.77. The van der Waals surface area contributed by atoms with Crippen LogP contribution in [0.3, 0.4) is 0 Å². The Morgan fingerprint density at radius 1 is 1.10 bits per heavy atom. The highest BCUT2D eigenvalue weighted by molar-refractivity contribution is 5.91. The number of benzene rings is 1. The summed E-state index contributed by atoms with van der Waals surface area (Å²) in [5, 5.41) is 16.0. The van der Waals surface area contributed by atoms with Gasteiger partial charge >= 0.3 is 6.09 Å². The van der Waals surface area contributed by atoms with E-state index in [4.69, 9.17) is 4.74 Å². The van der Waals surface area contributed by atoms with E-state index in [0.29, 0.717) is 11.1 Å². The summed E-state index contributed by atoms with van der Waals surface area (Å²) in [6, 6.07) is 3.82. The topological polar surface area (TPSA) is 108 Å². The molecular formula is C23H37N3O5. The van der Waals surface area contributed by atoms with Gasteiger partial charge < -0.3 is 25.4 Å². The number of phenols is 1. The molecule has 8 heteroatoms. The number of para-hydroxylation sites is 1. The fourth-order valence-corrected chi connectivity index (χ4v) is 3.12. The van der Waals surface area contributed by atoms with Gasteiger partial charge in [0.25, 0.3) is 0 Å². The Morgan fingerprint density at radius 3 is 2.16 bits per heavy atom. The first-order valence-electron chi connectivity index (χ1n) is 10.4. The largest absolute Gasteiger partial charge is 0.507 e. The minimum atomic E-state index is -1.09. The van der Waals surface area contributed by atoms with E-state index < -0.39 is 35.1 Å². The highest BCUT2D eigenvalue weighted by Crippen LogP contribution is 2.35. The molecule has 0 aliphatic heterocycles. The van der Waals surface area contributed by atoms with Crippen LogP contribution in [0, 0.1) is 6.92 Å². The van der Waals surface area contributed by atoms with E-state index in [9.17, 15) is 19.5 Å². The van der Waals surface area contributed by atoms with E-state index in [0.717, 1.165) is 0 Å². The summed E-state index contributed by atoms with van der Waals surface area (Å²) < 4.78 is 5.19. The molecule has 0 saturated carbocycles. The molecule has 8 nitrogen and oxygen atoms in total. The summed E-state index contributed by atoms with van der Waals surface area (Å²) in [6.45, 7) is 15.6. The van der Waals surface area contributed by atoms with E-state index in [1.165, 1.54) is 4.90 Å². The van der Waals surface area contributed by atoms with Crippen molar-refractivity contribution in [3.05, 3.63) is 29.3 Å². The number of carbonyl (C=O) groups excluding carboxylic acids is 3. The van der Waals surface area contributed by atoms with Crippen LogP contribution in [0.2, 0.25) is 0 Å². The second-order valence-corrected chi connectivity index (χ2v) is 9.87. The minimum absolute atomic E-state index is 0.0476. The molecule has 0 saturated heterocycles. The molecule has 1 aromatic rings. The van der Waals surface area contributed by atoms with E-state index in [-0.39, 0.29) is 18.3 Å². The second-order valence-electron chi connectivity index (χ2n) is 9.87. The normalized spacial score (nSPS) is 12.8. The zero-order valence-electron chi connectivity index (χ0n) is 20.1. The van der Waals surface area contributed by atoms with Gasteiger partial charge in [-0.15, -0.1) is 0 Å². The van der Waals surface area contributed by atoms with Crippen LogP contribution in [0.4, 0.5) is 4.79 Å². The predicted molar refractivity (Wildman–Crippen MR) is 120 cm³/mol. The quantitative estimate of drug-likeness (QED) is 0.635. The number of hydrogen-bond donors (Lipinski definition) is 3. The number of aryl methyl sites for hydroxylation is 1. The van der Waals surface area contributed by atoms with Crippen LogP contribution in [0.1, 0.15) is 72.6 Å². The molecule has 0 spiro atoms. The number of carbonyl (C=O) groups is 3. The third-order valence-electron chi connectivity index (χ3n) is 4.28. The fraction of sp³-hybridized carbons (Fsp3) is 0.609. The maximum absolute atomic E-state index is 13.3. The summed E-state index contributed by atoms with van der Waals surface area (Å²) in [4.78, 5) is 39.9. The molecular weight excluding hydrogens is 398 g/mol. The van der Waals surface area contributed by atoms with Crippen LogP contribution in [-0.4, -0.2) is 51.6 Å². The molecule has 1 aromatic carbocycles. The van der Waals surface area contributed by atoms with Crippen LogP contribution in [0.25, 0.3) is 0 Å². The summed E-state index contributed by atoms with van der Waals surface area (Å²) >= 11 is 0. The van der Waals surface area contributed by atoms with E-state index in [1.807, 2.05) is 13.8 Å². The van der Waals surface area contributed by atoms with Crippen LogP contribution in [0.15, 0.2) is 18.2 Å². The molecule has 0 aliphatic rings. The highest BCUT2D eigenvalue weighted by atomic mass is 16.6. The van der Waals surface area contributed by atoms with Crippen LogP contribution < -0.4 is 10.6 Å². The molecule has 31 heavy (non-hydrogen) atoms. The van der Waals surface area contributed by atoms with Crippen molar-refractivity contribution in [2.75, 3.05) is 6.54 Å². The van der Waals surface area contributed by atoms with Crippen molar-refractivity contribution >= 4 is 17.9 Å². The number of nitrogens with zero attached hydrogens (tertiary/aromatic N) is 1. The maximum Gasteiger partial charge on any atom is 0.408 e. The lowest BCUT2D eigenvalue weighted by molar-refractivity contribution is -0.146. The zero-order valence-corrected chi connectivity index (χ0v) is 20.1. The molecule has 174 valence electrons. The molecule has 1 rings (SSSR count). The predicted octanol–water partition coefficient (Wildman–Crippen LogP) is 3.42. The molecule has 1 atom stereocenters. The van der Waals surface area contributed by atoms with Gasteiger partial charge in [-0.25, -0.2) is 4.79 Å². The van der Waals surface area contributed by atoms with Crippen molar-refractivity contribution in [3.63, 3.8) is 0 Å². The maximum atomic E-state index is 13.3. The van der Waals surface area contributed by atoms with Gasteiger partial charge in [0.1, 0.15) is 23.9 Å². The number of phenolic OH excluding ortho intramolecular Hbond substituents is 1. The second kappa shape index (κ2) is 10.0. The average molecular weight is 436 g/mol. The molecule has 3 amide bonds. The van der Waals surface area contributed by atoms with Gasteiger partial charge in [-0.1, -0.05) is 18.2 Å². The Hall–Kier alpha value is -2.77. The van der Waals surface area contributed by atoms with E-state index in [1.54, 1.807) is 66.7 Å². The Kier molecular flexibility index (Phi) is 8.49. The average Bonchev–Trinajstić information content (AvgIpc) is 2.57. The molecule has 0 radical (unpaired) electrons. The summed E-state index contributed by atoms with van der Waals surface area (Å²) in [5.74, 6) is -0.951. The molecule has 0 aromatic heterocycles. The molecule has 0 bridgehead atoms. The molecule has 0 heterocycles. The van der Waals surface area contributed by atoms with Crippen molar-refractivity contribution in [1.29, 1.82) is 0 Å². The third-order valence-corrected chi connectivity index (χ3v) is 4.28. The number of alkyl carbamates (subject to hydrolysis) is 1. The number of rotatable bonds is 6. The Bertz CT molecular complexity index is 806. The zero-order chi connectivity index (χ0) is 24.1. The first kappa shape index (κ1) is 26.3. The SMILES string of the molecule is Cc1cccc(C(C(=O)NC(C)C)N(C(=O)CNC(=O)OC(C)(C)C)C(C)(C)C)c1O. The Labute approximate surface area is 185 Å². The van der Waals surface area contributed by atoms with E-state index >= 15 is 0 Å². The molecule has 1 unspecified atom stereocenters. The number of ether oxygens (including phenoxy) is 1.